The second-order valence-corrected chi connectivity index (χ2v) is 5.07. The summed E-state index contributed by atoms with van der Waals surface area (Å²) >= 11 is 0. The molecule has 3 unspecified atom stereocenters. The molecule has 122 valence electrons. The number of nitrogens with zero attached hydrogens (tertiary/aromatic N) is 1. The van der Waals surface area contributed by atoms with Crippen LogP contribution in [0.5, 0.6) is 0 Å². The van der Waals surface area contributed by atoms with Gasteiger partial charge in [-0.15, -0.1) is 0 Å². The van der Waals surface area contributed by atoms with Crippen LogP contribution in [0.15, 0.2) is 0 Å². The molecule has 0 aliphatic carbocycles. The Balaban J connectivity index is 0. The van der Waals surface area contributed by atoms with E-state index in [-0.39, 0.29) is 6.04 Å². The van der Waals surface area contributed by atoms with Crippen molar-refractivity contribution in [2.24, 2.45) is 0 Å². The van der Waals surface area contributed by atoms with E-state index in [2.05, 4.69) is 36.4 Å². The van der Waals surface area contributed by atoms with Gasteiger partial charge in [-0.1, -0.05) is 33.6 Å². The second kappa shape index (κ2) is 14.9. The van der Waals surface area contributed by atoms with Crippen LogP contribution in [-0.2, 0) is 4.79 Å². The summed E-state index contributed by atoms with van der Waals surface area (Å²) in [6.45, 7) is 8.40. The van der Waals surface area contributed by atoms with Gasteiger partial charge in [0.25, 0.3) is 0 Å². The fraction of sp³-hybridized carbons (Fsp3) is 0.938. The van der Waals surface area contributed by atoms with Gasteiger partial charge in [0.15, 0.2) is 0 Å². The third-order valence-corrected chi connectivity index (χ3v) is 3.78. The summed E-state index contributed by atoms with van der Waals surface area (Å²) in [7, 11) is 6.02. The number of hydrogen-bond acceptors (Lipinski definition) is 4. The maximum absolute atomic E-state index is 10.2. The Morgan fingerprint density at radius 2 is 1.90 bits per heavy atom. The summed E-state index contributed by atoms with van der Waals surface area (Å²) in [6.07, 6.45) is 7.48. The van der Waals surface area contributed by atoms with Crippen molar-refractivity contribution in [1.82, 2.24) is 15.5 Å². The molecule has 0 aromatic rings. The average molecular weight is 287 g/mol. The average Bonchev–Trinajstić information content (AvgIpc) is 2.82. The van der Waals surface area contributed by atoms with Gasteiger partial charge in [0.05, 0.1) is 12.2 Å². The first-order chi connectivity index (χ1) is 9.60. The number of likely N-dealkylation sites (N-methyl/N-ethyl adjacent to an activating group) is 1. The molecule has 1 aliphatic rings. The standard InChI is InChI=1S/C7H16N2.C7H15NO.C2H6/c1-6-4-5-7(8-2)9(6)3;1-3-4-5-7(6-9)8-2;1-2/h6-8H,4-5H2,1-3H3;6-8H,3-5H2,1-2H3;1-2H3. The van der Waals surface area contributed by atoms with E-state index in [1.54, 1.807) is 0 Å². The topological polar surface area (TPSA) is 44.4 Å². The number of unbranched alkanes of at least 4 members (excludes halogenated alkanes) is 1. The van der Waals surface area contributed by atoms with E-state index in [0.717, 1.165) is 31.6 Å². The molecule has 0 radical (unpaired) electrons. The van der Waals surface area contributed by atoms with E-state index in [1.165, 1.54) is 12.8 Å². The Morgan fingerprint density at radius 1 is 1.30 bits per heavy atom. The maximum Gasteiger partial charge on any atom is 0.136 e. The molecule has 1 fully saturated rings. The zero-order valence-corrected chi connectivity index (χ0v) is 14.7. The van der Waals surface area contributed by atoms with Crippen molar-refractivity contribution >= 4 is 6.29 Å². The Bertz CT molecular complexity index is 212. The lowest BCUT2D eigenvalue weighted by Gasteiger charge is -2.22. The number of hydrogen-bond donors (Lipinski definition) is 2. The van der Waals surface area contributed by atoms with Crippen LogP contribution in [0.3, 0.4) is 0 Å². The van der Waals surface area contributed by atoms with Gasteiger partial charge >= 0.3 is 0 Å². The second-order valence-electron chi connectivity index (χ2n) is 5.07. The lowest BCUT2D eigenvalue weighted by Crippen LogP contribution is -2.39. The highest BCUT2D eigenvalue weighted by Crippen LogP contribution is 2.18. The Morgan fingerprint density at radius 3 is 2.15 bits per heavy atom. The SMILES string of the molecule is CC.CCCCC(C=O)NC.CNC1CCC(C)N1C. The van der Waals surface area contributed by atoms with Crippen molar-refractivity contribution < 1.29 is 4.79 Å². The first-order valence-corrected chi connectivity index (χ1v) is 8.12. The summed E-state index contributed by atoms with van der Waals surface area (Å²) in [6, 6.07) is 0.840. The lowest BCUT2D eigenvalue weighted by atomic mass is 10.1. The molecule has 0 amide bonds. The van der Waals surface area contributed by atoms with Gasteiger partial charge in [-0.05, 0) is 47.3 Å². The summed E-state index contributed by atoms with van der Waals surface area (Å²) in [5.74, 6) is 0. The van der Waals surface area contributed by atoms with Crippen LogP contribution in [0.2, 0.25) is 0 Å². The van der Waals surface area contributed by atoms with Crippen LogP contribution in [0.1, 0.15) is 59.8 Å². The molecule has 4 heteroatoms. The van der Waals surface area contributed by atoms with E-state index in [0.29, 0.717) is 6.17 Å². The monoisotopic (exact) mass is 287 g/mol. The van der Waals surface area contributed by atoms with Gasteiger partial charge < -0.3 is 15.4 Å². The minimum absolute atomic E-state index is 0.0740. The number of nitrogens with one attached hydrogen (secondary N) is 2. The third-order valence-electron chi connectivity index (χ3n) is 3.78. The minimum Gasteiger partial charge on any atom is -0.311 e. The first kappa shape index (κ1) is 21.8. The normalized spacial score (nSPS) is 23.1. The molecule has 0 bridgehead atoms. The molecule has 1 saturated heterocycles. The molecule has 0 saturated carbocycles. The van der Waals surface area contributed by atoms with E-state index >= 15 is 0 Å². The van der Waals surface area contributed by atoms with E-state index in [4.69, 9.17) is 0 Å². The van der Waals surface area contributed by atoms with Gasteiger partial charge in [0.2, 0.25) is 0 Å². The van der Waals surface area contributed by atoms with Crippen molar-refractivity contribution in [1.29, 1.82) is 0 Å². The predicted octanol–water partition coefficient (Wildman–Crippen LogP) is 2.64. The summed E-state index contributed by atoms with van der Waals surface area (Å²) in [5, 5.41) is 6.19. The largest absolute Gasteiger partial charge is 0.311 e. The highest BCUT2D eigenvalue weighted by molar-refractivity contribution is 5.57. The highest BCUT2D eigenvalue weighted by atomic mass is 16.1. The Hall–Kier alpha value is -0.450. The molecular weight excluding hydrogens is 250 g/mol. The molecule has 1 heterocycles. The molecule has 0 aromatic heterocycles. The Labute approximate surface area is 126 Å². The summed E-state index contributed by atoms with van der Waals surface area (Å²) in [5.41, 5.74) is 0. The molecule has 2 N–H and O–H groups in total. The maximum atomic E-state index is 10.2. The van der Waals surface area contributed by atoms with Crippen molar-refractivity contribution in [2.45, 2.75) is 78.0 Å². The van der Waals surface area contributed by atoms with Crippen molar-refractivity contribution in [3.05, 3.63) is 0 Å². The van der Waals surface area contributed by atoms with Crippen LogP contribution >= 0.6 is 0 Å². The number of aldehydes is 1. The smallest absolute Gasteiger partial charge is 0.136 e. The fourth-order valence-corrected chi connectivity index (χ4v) is 2.17. The molecule has 1 aliphatic heterocycles. The van der Waals surface area contributed by atoms with E-state index in [1.807, 2.05) is 27.9 Å². The number of rotatable bonds is 6. The van der Waals surface area contributed by atoms with Crippen LogP contribution < -0.4 is 10.6 Å². The summed E-state index contributed by atoms with van der Waals surface area (Å²) < 4.78 is 0. The quantitative estimate of drug-likeness (QED) is 0.737. The number of likely N-dealkylation sites (tertiary alicyclic amines) is 1. The van der Waals surface area contributed by atoms with Crippen LogP contribution in [0.4, 0.5) is 0 Å². The third kappa shape index (κ3) is 9.45. The van der Waals surface area contributed by atoms with Gasteiger partial charge in [0.1, 0.15) is 6.29 Å². The van der Waals surface area contributed by atoms with Crippen LogP contribution in [0, 0.1) is 0 Å². The molecule has 3 atom stereocenters. The number of carbonyl (C=O) groups excluding carboxylic acids is 1. The van der Waals surface area contributed by atoms with Crippen molar-refractivity contribution in [3.8, 4) is 0 Å². The van der Waals surface area contributed by atoms with Gasteiger partial charge in [-0.25, -0.2) is 0 Å². The minimum atomic E-state index is 0.0740. The van der Waals surface area contributed by atoms with Crippen molar-refractivity contribution in [2.75, 3.05) is 21.1 Å². The zero-order valence-electron chi connectivity index (χ0n) is 14.7. The first-order valence-electron chi connectivity index (χ1n) is 8.12. The molecule has 20 heavy (non-hydrogen) atoms. The lowest BCUT2D eigenvalue weighted by molar-refractivity contribution is -0.109. The molecule has 4 nitrogen and oxygen atoms in total. The number of carbonyl (C=O) groups is 1. The van der Waals surface area contributed by atoms with Crippen molar-refractivity contribution in [3.63, 3.8) is 0 Å². The predicted molar refractivity (Wildman–Crippen MR) is 89.1 cm³/mol. The Kier molecular flexibility index (Phi) is 16.3. The van der Waals surface area contributed by atoms with Crippen LogP contribution in [0.25, 0.3) is 0 Å². The van der Waals surface area contributed by atoms with Crippen LogP contribution in [-0.4, -0.2) is 50.6 Å². The highest BCUT2D eigenvalue weighted by Gasteiger charge is 2.24. The van der Waals surface area contributed by atoms with Gasteiger partial charge in [-0.3, -0.25) is 4.90 Å². The van der Waals surface area contributed by atoms with Gasteiger partial charge in [-0.2, -0.15) is 0 Å². The van der Waals surface area contributed by atoms with E-state index < -0.39 is 0 Å². The summed E-state index contributed by atoms with van der Waals surface area (Å²) in [4.78, 5) is 12.6. The molecule has 1 rings (SSSR count). The van der Waals surface area contributed by atoms with Gasteiger partial charge in [0, 0.05) is 6.04 Å². The van der Waals surface area contributed by atoms with E-state index in [9.17, 15) is 4.79 Å². The zero-order chi connectivity index (χ0) is 16.0. The molecule has 0 spiro atoms. The molecule has 0 aromatic carbocycles. The molecular formula is C16H37N3O. The fourth-order valence-electron chi connectivity index (χ4n) is 2.17.